The molecule has 0 radical (unpaired) electrons. The van der Waals surface area contributed by atoms with Crippen molar-refractivity contribution in [2.45, 2.75) is 466 Å². The van der Waals surface area contributed by atoms with E-state index < -0.39 is 41.1 Å². The second-order valence-corrected chi connectivity index (χ2v) is 55.5. The fourth-order valence-electron chi connectivity index (χ4n) is 21.7. The predicted molar refractivity (Wildman–Crippen MR) is 408 cm³/mol. The van der Waals surface area contributed by atoms with E-state index in [1.165, 1.54) is 5.56 Å². The molecule has 14 saturated heterocycles. The Hall–Kier alpha value is -0.499. The van der Waals surface area contributed by atoms with Gasteiger partial charge in [-0.05, 0) is 117 Å². The smallest absolute Gasteiger partial charge is 0.200 e. The van der Waals surface area contributed by atoms with Crippen molar-refractivity contribution in [3.05, 3.63) is 35.9 Å². The zero-order chi connectivity index (χ0) is 73.6. The van der Waals surface area contributed by atoms with E-state index in [9.17, 15) is 0 Å². The molecule has 14 fully saturated rings. The van der Waals surface area contributed by atoms with E-state index >= 15 is 0 Å². The minimum atomic E-state index is -2.57. The maximum Gasteiger partial charge on any atom is 0.200 e. The highest BCUT2D eigenvalue weighted by molar-refractivity contribution is 8.00. The first kappa shape index (κ1) is 78.8. The molecule has 14 heterocycles. The third-order valence-electron chi connectivity index (χ3n) is 29.2. The van der Waals surface area contributed by atoms with Crippen molar-refractivity contribution < 1.29 is 84.3 Å². The van der Waals surface area contributed by atoms with E-state index in [-0.39, 0.29) is 181 Å². The molecule has 104 heavy (non-hydrogen) atoms. The molecular formula is C82H136O18SSi3. The molecule has 15 rings (SSSR count). The standard InChI is InChI=1S/C82H136O18SSi3/c1-21-101-82-75(93-63-39-69-77(94-65(63)42-76(82)100-104(46(2)3,47(4)5)48(6)7)70(99-103(19,20)79(12,13)14)40-57-55(89-69)33-51(85-57)31-32-83-45-50-25-23-22-24-26-50)41-66-72(97-82)44-81(16)74(92-66)30-28-53-68(96-81)38-62-59(87-53)35-61-60(88-62)36-64-71(90-61)43-80(15)73(91-64)29-27-52-67(95-80)37-56-58(86-52)34-54(49(8)84-56)98-102(17,18)78(9,10)11/h22-26,46-49,51-77H,21,27-45H2,1-20H3/t49-,51+,52+,53+,54+,55+,56+,57-,58-,59-,60-,61+,62+,63+,64+,65-,66+,67-,68-,69-,70+,71-,72-,73-,74-,75-,76+,77-,80+,81+,82+/m1/s1. The number of ether oxygens (including phenoxy) is 15. The lowest BCUT2D eigenvalue weighted by molar-refractivity contribution is -0.330. The molecule has 590 valence electrons. The van der Waals surface area contributed by atoms with Crippen LogP contribution in [-0.2, 0) is 90.9 Å². The monoisotopic (exact) mass is 1520 g/mol. The van der Waals surface area contributed by atoms with Gasteiger partial charge in [-0.2, -0.15) is 0 Å². The summed E-state index contributed by atoms with van der Waals surface area (Å²) in [7, 11) is -6.91. The zero-order valence-electron chi connectivity index (χ0n) is 67.2. The Balaban J connectivity index is 0.632. The van der Waals surface area contributed by atoms with Gasteiger partial charge in [-0.25, -0.2) is 0 Å². The molecule has 0 amide bonds. The van der Waals surface area contributed by atoms with E-state index in [1.54, 1.807) is 0 Å². The number of hydrogen-bond donors (Lipinski definition) is 0. The lowest BCUT2D eigenvalue weighted by Gasteiger charge is -2.58. The molecule has 0 saturated carbocycles. The van der Waals surface area contributed by atoms with Gasteiger partial charge in [0, 0.05) is 83.7 Å². The van der Waals surface area contributed by atoms with Gasteiger partial charge in [0.1, 0.15) is 12.2 Å². The van der Waals surface area contributed by atoms with Gasteiger partial charge in [0.25, 0.3) is 0 Å². The summed E-state index contributed by atoms with van der Waals surface area (Å²) in [6.07, 6.45) is 9.11. The van der Waals surface area contributed by atoms with E-state index in [4.69, 9.17) is 84.3 Å². The average molecular weight is 1530 g/mol. The van der Waals surface area contributed by atoms with Gasteiger partial charge in [0.15, 0.2) is 21.6 Å². The van der Waals surface area contributed by atoms with Crippen molar-refractivity contribution in [3.8, 4) is 0 Å². The second-order valence-electron chi connectivity index (χ2n) is 39.1. The average Bonchev–Trinajstić information content (AvgIpc) is 1.49. The molecule has 0 bridgehead atoms. The summed E-state index contributed by atoms with van der Waals surface area (Å²) in [6, 6.07) is 10.4. The predicted octanol–water partition coefficient (Wildman–Crippen LogP) is 15.8. The van der Waals surface area contributed by atoms with Gasteiger partial charge in [-0.1, -0.05) is 120 Å². The molecule has 0 aromatic heterocycles. The fraction of sp³-hybridized carbons (Fsp3) is 0.927. The highest BCUT2D eigenvalue weighted by Crippen LogP contribution is 2.59. The van der Waals surface area contributed by atoms with Crippen molar-refractivity contribution in [1.82, 2.24) is 0 Å². The lowest BCUT2D eigenvalue weighted by atomic mass is 9.80. The van der Waals surface area contributed by atoms with Crippen LogP contribution < -0.4 is 0 Å². The minimum Gasteiger partial charge on any atom is -0.411 e. The normalized spacial score (nSPS) is 46.8. The van der Waals surface area contributed by atoms with Gasteiger partial charge < -0.3 is 84.3 Å². The van der Waals surface area contributed by atoms with E-state index in [0.717, 1.165) is 82.8 Å². The van der Waals surface area contributed by atoms with Crippen LogP contribution in [0.15, 0.2) is 30.3 Å². The molecular weight excluding hydrogens is 1390 g/mol. The number of rotatable bonds is 16. The van der Waals surface area contributed by atoms with Crippen LogP contribution in [0.4, 0.5) is 0 Å². The molecule has 0 spiro atoms. The number of benzene rings is 1. The van der Waals surface area contributed by atoms with Gasteiger partial charge in [0.05, 0.1) is 177 Å². The summed E-state index contributed by atoms with van der Waals surface area (Å²) in [5.41, 5.74) is 1.05. The van der Waals surface area contributed by atoms with Crippen LogP contribution in [0.3, 0.4) is 0 Å². The lowest BCUT2D eigenvalue weighted by Crippen LogP contribution is -2.68. The Labute approximate surface area is 632 Å². The van der Waals surface area contributed by atoms with E-state index in [0.29, 0.717) is 61.9 Å². The summed E-state index contributed by atoms with van der Waals surface area (Å²) in [5, 5.41) is 0.102. The molecule has 0 aliphatic carbocycles. The van der Waals surface area contributed by atoms with Crippen molar-refractivity contribution in [3.63, 3.8) is 0 Å². The molecule has 0 unspecified atom stereocenters. The maximum absolute atomic E-state index is 8.29. The summed E-state index contributed by atoms with van der Waals surface area (Å²) < 4.78 is 133. The number of fused-ring (bicyclic) bond motifs is 13. The maximum atomic E-state index is 8.29. The van der Waals surface area contributed by atoms with Gasteiger partial charge >= 0.3 is 0 Å². The van der Waals surface area contributed by atoms with Crippen LogP contribution >= 0.6 is 11.8 Å². The van der Waals surface area contributed by atoms with Gasteiger partial charge in [0.2, 0.25) is 8.32 Å². The molecule has 0 N–H and O–H groups in total. The van der Waals surface area contributed by atoms with Crippen molar-refractivity contribution in [2.75, 3.05) is 12.4 Å². The molecule has 14 aliphatic rings. The topological polar surface area (TPSA) is 166 Å². The molecule has 22 heteroatoms. The molecule has 14 aliphatic heterocycles. The van der Waals surface area contributed by atoms with E-state index in [1.807, 2.05) is 17.8 Å². The van der Waals surface area contributed by atoms with Crippen LogP contribution in [0.1, 0.15) is 225 Å². The van der Waals surface area contributed by atoms with Crippen LogP contribution in [-0.4, -0.2) is 224 Å². The third kappa shape index (κ3) is 15.1. The van der Waals surface area contributed by atoms with E-state index in [2.05, 4.69) is 161 Å². The van der Waals surface area contributed by atoms with Crippen LogP contribution in [0.2, 0.25) is 52.9 Å². The zero-order valence-corrected chi connectivity index (χ0v) is 71.0. The SMILES string of the molecule is CCS[C@@]12O[C@@H]3C[C@]4(C)O[C@@H]5C[C@@H]6O[C@@H]7C[C@@H]8O[C@@H]9CC[C@@H]%10O[C@@H]%11C[C@H](O[Si](C)(C)C(C)(C)C)[C@@H](C)O[C@H]%11C[C@H]%10O[C@@]9(C)C[C@H]8O[C@H]7C[C@H]6O[C@H]5CC[C@H]4O[C@H]3C[C@H]1O[C@H]1C[C@H]3O[C@H]4C[C@H](CCOCc5ccccc5)O[C@@H]4C[C@H](O[Si](C)(C)C(C)(C)C)[C@@H]3O[C@@H]1C[C@@H]2O[Si](C(C)C)(C(C)C)C(C)C. The largest absolute Gasteiger partial charge is 0.411 e. The first-order valence-electron chi connectivity index (χ1n) is 41.7. The second kappa shape index (κ2) is 30.0. The van der Waals surface area contributed by atoms with Crippen molar-refractivity contribution in [2.24, 2.45) is 0 Å². The molecule has 31 atom stereocenters. The van der Waals surface area contributed by atoms with Gasteiger partial charge in [-0.3, -0.25) is 0 Å². The number of thioether (sulfide) groups is 1. The Bertz CT molecular complexity index is 3050. The quantitative estimate of drug-likeness (QED) is 0.113. The van der Waals surface area contributed by atoms with Crippen LogP contribution in [0.5, 0.6) is 0 Å². The Kier molecular flexibility index (Phi) is 22.7. The van der Waals surface area contributed by atoms with Crippen LogP contribution in [0, 0.1) is 0 Å². The molecule has 18 nitrogen and oxygen atoms in total. The summed E-state index contributed by atoms with van der Waals surface area (Å²) >= 11 is 1.88. The highest BCUT2D eigenvalue weighted by atomic mass is 32.2. The minimum absolute atomic E-state index is 0.00643. The number of hydrogen-bond acceptors (Lipinski definition) is 19. The summed E-state index contributed by atoms with van der Waals surface area (Å²) in [6.45, 7) is 48.0. The fourth-order valence-corrected chi connectivity index (χ4v) is 31.4. The summed E-state index contributed by atoms with van der Waals surface area (Å²) in [5.74, 6) is 0.822. The Morgan fingerprint density at radius 2 is 0.904 bits per heavy atom. The first-order chi connectivity index (χ1) is 49.1. The van der Waals surface area contributed by atoms with Crippen LogP contribution in [0.25, 0.3) is 0 Å². The Morgan fingerprint density at radius 1 is 0.452 bits per heavy atom. The molecule has 1 aromatic rings. The third-order valence-corrected chi connectivity index (χ3v) is 45.7. The summed E-state index contributed by atoms with van der Waals surface area (Å²) in [4.78, 5) is -0.864. The Morgan fingerprint density at radius 3 is 1.49 bits per heavy atom. The molecule has 1 aromatic carbocycles. The highest BCUT2D eigenvalue weighted by Gasteiger charge is 2.67. The van der Waals surface area contributed by atoms with Crippen molar-refractivity contribution in [1.29, 1.82) is 0 Å². The first-order valence-corrected chi connectivity index (χ1v) is 50.6. The van der Waals surface area contributed by atoms with Crippen molar-refractivity contribution >= 4 is 36.7 Å². The van der Waals surface area contributed by atoms with Gasteiger partial charge in [-0.15, -0.1) is 11.8 Å².